The molecule has 1 saturated carbocycles. The van der Waals surface area contributed by atoms with Crippen LogP contribution in [0.4, 0.5) is 20.5 Å². The Morgan fingerprint density at radius 3 is 2.57 bits per heavy atom. The van der Waals surface area contributed by atoms with Gasteiger partial charge in [0.15, 0.2) is 17.4 Å². The Morgan fingerprint density at radius 1 is 1.11 bits per heavy atom. The summed E-state index contributed by atoms with van der Waals surface area (Å²) in [7, 11) is 0. The lowest BCUT2D eigenvalue weighted by atomic mass is 9.98. The van der Waals surface area contributed by atoms with Crippen molar-refractivity contribution in [2.24, 2.45) is 0 Å². The standard InChI is InChI=1S/C21H19F2N5O2.C3H6O2/c22-12-6-8-13(9-7-12)24-21-28-27-20(30-21)19-25-15-10-11-16(17(23)18(15)26-19)29-14-4-2-1-3-5-14;1-2-5-3-4/h6-11,14H,1-5H2,(H,24,28)(H,25,26);3H,2H2,1H3. The molecule has 9 nitrogen and oxygen atoms in total. The zero-order chi connectivity index (χ0) is 24.6. The number of nitrogens with one attached hydrogen (secondary N) is 2. The Hall–Kier alpha value is -4.02. The van der Waals surface area contributed by atoms with Crippen molar-refractivity contribution in [1.29, 1.82) is 0 Å². The van der Waals surface area contributed by atoms with Gasteiger partial charge in [0.1, 0.15) is 11.3 Å². The number of aromatic nitrogens is 4. The van der Waals surface area contributed by atoms with Gasteiger partial charge in [-0.3, -0.25) is 4.79 Å². The molecule has 0 bridgehead atoms. The highest BCUT2D eigenvalue weighted by Gasteiger charge is 2.21. The third kappa shape index (κ3) is 6.11. The fraction of sp³-hybridized carbons (Fsp3) is 0.333. The van der Waals surface area contributed by atoms with Crippen LogP contribution >= 0.6 is 0 Å². The number of carbonyl (C=O) groups excluding carboxylic acids is 1. The molecular weight excluding hydrogens is 460 g/mol. The molecule has 2 N–H and O–H groups in total. The molecule has 1 aliphatic rings. The number of halogens is 2. The minimum atomic E-state index is -0.509. The Balaban J connectivity index is 0.000000527. The fourth-order valence-electron chi connectivity index (χ4n) is 3.67. The molecule has 184 valence electrons. The topological polar surface area (TPSA) is 115 Å². The summed E-state index contributed by atoms with van der Waals surface area (Å²) in [5.41, 5.74) is 1.25. The highest BCUT2D eigenvalue weighted by Crippen LogP contribution is 2.31. The van der Waals surface area contributed by atoms with Crippen LogP contribution in [-0.4, -0.2) is 39.3 Å². The maximum atomic E-state index is 15.0. The Morgan fingerprint density at radius 2 is 1.89 bits per heavy atom. The molecule has 1 fully saturated rings. The number of rotatable bonds is 7. The summed E-state index contributed by atoms with van der Waals surface area (Å²) in [4.78, 5) is 16.5. The van der Waals surface area contributed by atoms with Crippen LogP contribution in [0.2, 0.25) is 0 Å². The van der Waals surface area contributed by atoms with Crippen LogP contribution in [0.25, 0.3) is 22.7 Å². The van der Waals surface area contributed by atoms with Gasteiger partial charge in [0.05, 0.1) is 18.2 Å². The number of fused-ring (bicyclic) bond motifs is 1. The number of hydrogen-bond acceptors (Lipinski definition) is 8. The van der Waals surface area contributed by atoms with Crippen LogP contribution in [0.1, 0.15) is 39.0 Å². The van der Waals surface area contributed by atoms with Crippen LogP contribution in [0.15, 0.2) is 40.8 Å². The second-order valence-corrected chi connectivity index (χ2v) is 7.83. The summed E-state index contributed by atoms with van der Waals surface area (Å²) in [6.45, 7) is 2.66. The first-order valence-electron chi connectivity index (χ1n) is 11.3. The predicted molar refractivity (Wildman–Crippen MR) is 124 cm³/mol. The predicted octanol–water partition coefficient (Wildman–Crippen LogP) is 5.53. The van der Waals surface area contributed by atoms with E-state index < -0.39 is 5.82 Å². The van der Waals surface area contributed by atoms with Gasteiger partial charge in [0.25, 0.3) is 12.4 Å². The highest BCUT2D eigenvalue weighted by molar-refractivity contribution is 5.80. The zero-order valence-corrected chi connectivity index (χ0v) is 19.1. The van der Waals surface area contributed by atoms with Crippen LogP contribution in [0.5, 0.6) is 5.75 Å². The normalized spacial score (nSPS) is 13.7. The molecular formula is C24H25F2N5O4. The van der Waals surface area contributed by atoms with Crippen molar-refractivity contribution in [2.75, 3.05) is 11.9 Å². The number of benzene rings is 2. The van der Waals surface area contributed by atoms with Crippen LogP contribution in [0, 0.1) is 11.6 Å². The Labute approximate surface area is 199 Å². The van der Waals surface area contributed by atoms with Crippen molar-refractivity contribution in [2.45, 2.75) is 45.1 Å². The lowest BCUT2D eigenvalue weighted by Gasteiger charge is -2.23. The van der Waals surface area contributed by atoms with Gasteiger partial charge in [-0.25, -0.2) is 13.8 Å². The summed E-state index contributed by atoms with van der Waals surface area (Å²) in [6.07, 6.45) is 5.33. The summed E-state index contributed by atoms with van der Waals surface area (Å²) in [5.74, 6) is -0.298. The van der Waals surface area contributed by atoms with Gasteiger partial charge < -0.3 is 24.2 Å². The molecule has 1 aliphatic carbocycles. The number of H-pyrrole nitrogens is 1. The molecule has 0 aliphatic heterocycles. The van der Waals surface area contributed by atoms with Crippen LogP contribution in [0.3, 0.4) is 0 Å². The average Bonchev–Trinajstić information content (AvgIpc) is 3.52. The van der Waals surface area contributed by atoms with E-state index in [0.717, 1.165) is 25.7 Å². The second-order valence-electron chi connectivity index (χ2n) is 7.83. The van der Waals surface area contributed by atoms with E-state index >= 15 is 0 Å². The molecule has 0 saturated heterocycles. The van der Waals surface area contributed by atoms with E-state index in [1.807, 2.05) is 0 Å². The highest BCUT2D eigenvalue weighted by atomic mass is 19.1. The zero-order valence-electron chi connectivity index (χ0n) is 19.1. The van der Waals surface area contributed by atoms with E-state index in [-0.39, 0.29) is 40.9 Å². The quantitative estimate of drug-likeness (QED) is 0.329. The molecule has 0 amide bonds. The van der Waals surface area contributed by atoms with E-state index in [9.17, 15) is 13.6 Å². The number of nitrogens with zero attached hydrogens (tertiary/aromatic N) is 3. The van der Waals surface area contributed by atoms with E-state index in [1.165, 1.54) is 18.6 Å². The van der Waals surface area contributed by atoms with Crippen LogP contribution < -0.4 is 10.1 Å². The lowest BCUT2D eigenvalue weighted by Crippen LogP contribution is -2.20. The van der Waals surface area contributed by atoms with Crippen molar-refractivity contribution in [3.63, 3.8) is 0 Å². The molecule has 2 aromatic heterocycles. The fourth-order valence-corrected chi connectivity index (χ4v) is 3.67. The van der Waals surface area contributed by atoms with Crippen molar-refractivity contribution in [3.8, 4) is 17.5 Å². The smallest absolute Gasteiger partial charge is 0.320 e. The minimum absolute atomic E-state index is 0.0418. The maximum Gasteiger partial charge on any atom is 0.320 e. The summed E-state index contributed by atoms with van der Waals surface area (Å²) in [6, 6.07) is 9.17. The van der Waals surface area contributed by atoms with E-state index in [2.05, 4.69) is 30.2 Å². The minimum Gasteiger partial charge on any atom is -0.487 e. The van der Waals surface area contributed by atoms with Crippen molar-refractivity contribution in [3.05, 3.63) is 48.0 Å². The number of hydrogen-bond donors (Lipinski definition) is 2. The summed E-state index contributed by atoms with van der Waals surface area (Å²) in [5, 5.41) is 10.7. The van der Waals surface area contributed by atoms with Gasteiger partial charge in [-0.15, -0.1) is 5.10 Å². The third-order valence-corrected chi connectivity index (χ3v) is 5.36. The molecule has 35 heavy (non-hydrogen) atoms. The number of imidazole rings is 1. The molecule has 4 aromatic rings. The van der Waals surface area contributed by atoms with Gasteiger partial charge in [0.2, 0.25) is 0 Å². The summed E-state index contributed by atoms with van der Waals surface area (Å²) >= 11 is 0. The van der Waals surface area contributed by atoms with E-state index in [1.54, 1.807) is 31.2 Å². The molecule has 0 unspecified atom stereocenters. The van der Waals surface area contributed by atoms with Gasteiger partial charge in [-0.05, 0) is 69.0 Å². The van der Waals surface area contributed by atoms with Crippen molar-refractivity contribution in [1.82, 2.24) is 20.2 Å². The molecule has 5 rings (SSSR count). The van der Waals surface area contributed by atoms with E-state index in [4.69, 9.17) is 9.15 Å². The Bertz CT molecular complexity index is 1250. The molecule has 2 heterocycles. The molecule has 2 aromatic carbocycles. The SMILES string of the molecule is CCOC=O.Fc1ccc(Nc2nnc(-c3nc4c(F)c(OC5CCCCC5)ccc4[nH]3)o2)cc1. The molecule has 0 spiro atoms. The Kier molecular flexibility index (Phi) is 7.86. The van der Waals surface area contributed by atoms with Gasteiger partial charge in [0, 0.05) is 5.69 Å². The number of carbonyl (C=O) groups is 1. The maximum absolute atomic E-state index is 15.0. The molecule has 11 heteroatoms. The second kappa shape index (κ2) is 11.4. The van der Waals surface area contributed by atoms with Gasteiger partial charge in [-0.1, -0.05) is 11.5 Å². The first-order chi connectivity index (χ1) is 17.1. The molecule has 0 radical (unpaired) electrons. The largest absolute Gasteiger partial charge is 0.487 e. The van der Waals surface area contributed by atoms with Gasteiger partial charge in [-0.2, -0.15) is 0 Å². The average molecular weight is 485 g/mol. The first kappa shape index (κ1) is 24.1. The lowest BCUT2D eigenvalue weighted by molar-refractivity contribution is -0.128. The monoisotopic (exact) mass is 485 g/mol. The number of ether oxygens (including phenoxy) is 2. The van der Waals surface area contributed by atoms with Crippen molar-refractivity contribution < 1.29 is 27.5 Å². The van der Waals surface area contributed by atoms with Crippen LogP contribution in [-0.2, 0) is 9.53 Å². The van der Waals surface area contributed by atoms with Crippen molar-refractivity contribution >= 4 is 29.2 Å². The van der Waals surface area contributed by atoms with E-state index in [0.29, 0.717) is 24.3 Å². The molecule has 0 atom stereocenters. The summed E-state index contributed by atoms with van der Waals surface area (Å²) < 4.78 is 43.5. The third-order valence-electron chi connectivity index (χ3n) is 5.36. The first-order valence-corrected chi connectivity index (χ1v) is 11.3. The number of aromatic amines is 1. The number of anilines is 2. The van der Waals surface area contributed by atoms with Gasteiger partial charge >= 0.3 is 6.01 Å².